The molecule has 0 amide bonds. The molecule has 0 saturated heterocycles. The van der Waals surface area contributed by atoms with Crippen LogP contribution in [-0.4, -0.2) is 37.1 Å². The van der Waals surface area contributed by atoms with Crippen LogP contribution in [0.25, 0.3) is 11.3 Å². The molecule has 3 rings (SSSR count). The highest BCUT2D eigenvalue weighted by Gasteiger charge is 2.23. The fraction of sp³-hybridized carbons (Fsp3) is 0.250. The number of pyridine rings is 1. The molecule has 1 aromatic carbocycles. The Labute approximate surface area is 170 Å². The van der Waals surface area contributed by atoms with E-state index in [1.807, 2.05) is 6.92 Å². The van der Waals surface area contributed by atoms with Crippen molar-refractivity contribution in [2.75, 3.05) is 18.4 Å². The van der Waals surface area contributed by atoms with Crippen molar-refractivity contribution in [3.8, 4) is 22.9 Å². The Bertz CT molecular complexity index is 1090. The third kappa shape index (κ3) is 4.80. The molecule has 3 aromatic rings. The van der Waals surface area contributed by atoms with E-state index >= 15 is 0 Å². The molecule has 152 valence electrons. The third-order valence-electron chi connectivity index (χ3n) is 3.95. The summed E-state index contributed by atoms with van der Waals surface area (Å²) in [4.78, 5) is 12.5. The van der Waals surface area contributed by atoms with Gasteiger partial charge in [-0.3, -0.25) is 9.71 Å². The number of rotatable bonds is 8. The average Bonchev–Trinajstić information content (AvgIpc) is 2.73. The SMILES string of the molecule is CCCOc1ccc(-c2ncccc2S(=O)(=O)Nc2ncc(C)nc2OC)cc1. The van der Waals surface area contributed by atoms with Crippen LogP contribution < -0.4 is 14.2 Å². The Balaban J connectivity index is 1.95. The van der Waals surface area contributed by atoms with Crippen LogP contribution in [0.5, 0.6) is 11.6 Å². The highest BCUT2D eigenvalue weighted by Crippen LogP contribution is 2.29. The molecule has 8 nitrogen and oxygen atoms in total. The van der Waals surface area contributed by atoms with Gasteiger partial charge in [-0.15, -0.1) is 0 Å². The van der Waals surface area contributed by atoms with Gasteiger partial charge in [-0.1, -0.05) is 6.92 Å². The fourth-order valence-electron chi connectivity index (χ4n) is 2.60. The van der Waals surface area contributed by atoms with Crippen molar-refractivity contribution in [1.29, 1.82) is 0 Å². The highest BCUT2D eigenvalue weighted by atomic mass is 32.2. The lowest BCUT2D eigenvalue weighted by molar-refractivity contribution is 0.317. The number of hydrogen-bond acceptors (Lipinski definition) is 7. The number of anilines is 1. The maximum atomic E-state index is 13.1. The zero-order valence-electron chi connectivity index (χ0n) is 16.4. The van der Waals surface area contributed by atoms with E-state index < -0.39 is 10.0 Å². The Kier molecular flexibility index (Phi) is 6.28. The molecule has 0 aliphatic carbocycles. The number of benzene rings is 1. The first-order chi connectivity index (χ1) is 13.9. The van der Waals surface area contributed by atoms with E-state index in [9.17, 15) is 8.42 Å². The van der Waals surface area contributed by atoms with Gasteiger partial charge in [-0.25, -0.2) is 18.4 Å². The molecule has 0 spiro atoms. The standard InChI is InChI=1S/C20H22N4O4S/c1-4-12-28-16-9-7-15(8-10-16)18-17(6-5-11-21-18)29(25,26)24-19-20(27-3)23-14(2)13-22-19/h5-11,13H,4,12H2,1-3H3,(H,22,24). The van der Waals surface area contributed by atoms with Crippen LogP contribution in [0.3, 0.4) is 0 Å². The number of hydrogen-bond donors (Lipinski definition) is 1. The van der Waals surface area contributed by atoms with Gasteiger partial charge in [0.15, 0.2) is 0 Å². The first-order valence-electron chi connectivity index (χ1n) is 9.03. The van der Waals surface area contributed by atoms with Gasteiger partial charge in [-0.05, 0) is 49.7 Å². The predicted molar refractivity (Wildman–Crippen MR) is 110 cm³/mol. The van der Waals surface area contributed by atoms with Gasteiger partial charge in [0.2, 0.25) is 5.82 Å². The van der Waals surface area contributed by atoms with Gasteiger partial charge in [-0.2, -0.15) is 0 Å². The largest absolute Gasteiger partial charge is 0.494 e. The molecular formula is C20H22N4O4S. The number of sulfonamides is 1. The number of methoxy groups -OCH3 is 1. The normalized spacial score (nSPS) is 11.1. The van der Waals surface area contributed by atoms with Crippen molar-refractivity contribution in [3.05, 3.63) is 54.5 Å². The van der Waals surface area contributed by atoms with E-state index in [4.69, 9.17) is 9.47 Å². The number of nitrogens with zero attached hydrogens (tertiary/aromatic N) is 3. The monoisotopic (exact) mass is 414 g/mol. The maximum absolute atomic E-state index is 13.1. The van der Waals surface area contributed by atoms with E-state index in [1.165, 1.54) is 19.4 Å². The third-order valence-corrected chi connectivity index (χ3v) is 5.32. The zero-order valence-corrected chi connectivity index (χ0v) is 17.2. The molecule has 2 heterocycles. The van der Waals surface area contributed by atoms with Crippen LogP contribution >= 0.6 is 0 Å². The molecule has 9 heteroatoms. The summed E-state index contributed by atoms with van der Waals surface area (Å²) >= 11 is 0. The summed E-state index contributed by atoms with van der Waals surface area (Å²) in [5.74, 6) is 0.821. The second kappa shape index (κ2) is 8.87. The lowest BCUT2D eigenvalue weighted by Gasteiger charge is -2.13. The molecule has 0 aliphatic rings. The minimum Gasteiger partial charge on any atom is -0.494 e. The number of nitrogens with one attached hydrogen (secondary N) is 1. The topological polar surface area (TPSA) is 103 Å². The lowest BCUT2D eigenvalue weighted by atomic mass is 10.1. The minimum absolute atomic E-state index is 0.0104. The predicted octanol–water partition coefficient (Wildman–Crippen LogP) is 3.45. The summed E-state index contributed by atoms with van der Waals surface area (Å²) in [6.07, 6.45) is 3.91. The van der Waals surface area contributed by atoms with Crippen molar-refractivity contribution >= 4 is 15.8 Å². The summed E-state index contributed by atoms with van der Waals surface area (Å²) in [7, 11) is -2.59. The van der Waals surface area contributed by atoms with E-state index in [0.717, 1.165) is 6.42 Å². The van der Waals surface area contributed by atoms with Gasteiger partial charge in [0.05, 0.1) is 31.3 Å². The fourth-order valence-corrected chi connectivity index (χ4v) is 3.79. The molecule has 0 fully saturated rings. The minimum atomic E-state index is -3.99. The van der Waals surface area contributed by atoms with E-state index in [2.05, 4.69) is 19.7 Å². The smallest absolute Gasteiger partial charge is 0.265 e. The average molecular weight is 414 g/mol. The second-order valence-corrected chi connectivity index (χ2v) is 7.85. The Hall–Kier alpha value is -3.20. The van der Waals surface area contributed by atoms with Gasteiger partial charge in [0, 0.05) is 11.8 Å². The van der Waals surface area contributed by atoms with Crippen molar-refractivity contribution in [3.63, 3.8) is 0 Å². The van der Waals surface area contributed by atoms with Crippen molar-refractivity contribution < 1.29 is 17.9 Å². The number of ether oxygens (including phenoxy) is 2. The van der Waals surface area contributed by atoms with Gasteiger partial charge >= 0.3 is 0 Å². The highest BCUT2D eigenvalue weighted by molar-refractivity contribution is 7.92. The summed E-state index contributed by atoms with van der Waals surface area (Å²) < 4.78 is 39.3. The zero-order chi connectivity index (χ0) is 20.9. The Morgan fingerprint density at radius 1 is 1.10 bits per heavy atom. The van der Waals surface area contributed by atoms with Crippen LogP contribution in [0.4, 0.5) is 5.82 Å². The second-order valence-electron chi connectivity index (χ2n) is 6.20. The molecule has 0 bridgehead atoms. The summed E-state index contributed by atoms with van der Waals surface area (Å²) in [6.45, 7) is 4.38. The molecular weight excluding hydrogens is 392 g/mol. The summed E-state index contributed by atoms with van der Waals surface area (Å²) in [6, 6.07) is 10.2. The number of aryl methyl sites for hydroxylation is 1. The van der Waals surface area contributed by atoms with Crippen molar-refractivity contribution in [2.45, 2.75) is 25.2 Å². The Morgan fingerprint density at radius 2 is 1.86 bits per heavy atom. The molecule has 0 saturated carbocycles. The van der Waals surface area contributed by atoms with Gasteiger partial charge < -0.3 is 9.47 Å². The molecule has 0 unspecified atom stereocenters. The van der Waals surface area contributed by atoms with E-state index in [-0.39, 0.29) is 16.6 Å². The molecule has 1 N–H and O–H groups in total. The number of aromatic nitrogens is 3. The maximum Gasteiger partial charge on any atom is 0.265 e. The lowest BCUT2D eigenvalue weighted by Crippen LogP contribution is -2.16. The van der Waals surface area contributed by atoms with E-state index in [0.29, 0.717) is 29.3 Å². The molecule has 0 aliphatic heterocycles. The first kappa shape index (κ1) is 20.5. The van der Waals surface area contributed by atoms with Crippen LogP contribution in [0.1, 0.15) is 19.0 Å². The van der Waals surface area contributed by atoms with Crippen molar-refractivity contribution in [1.82, 2.24) is 15.0 Å². The first-order valence-corrected chi connectivity index (χ1v) is 10.5. The summed E-state index contributed by atoms with van der Waals surface area (Å²) in [5.41, 5.74) is 1.58. The van der Waals surface area contributed by atoms with Crippen LogP contribution in [0, 0.1) is 6.92 Å². The molecule has 0 radical (unpaired) electrons. The Morgan fingerprint density at radius 3 is 2.55 bits per heavy atom. The quantitative estimate of drug-likeness (QED) is 0.602. The van der Waals surface area contributed by atoms with Crippen LogP contribution in [0.15, 0.2) is 53.7 Å². The molecule has 0 atom stereocenters. The van der Waals surface area contributed by atoms with Gasteiger partial charge in [0.25, 0.3) is 15.9 Å². The van der Waals surface area contributed by atoms with Crippen molar-refractivity contribution in [2.24, 2.45) is 0 Å². The van der Waals surface area contributed by atoms with Gasteiger partial charge in [0.1, 0.15) is 10.6 Å². The summed E-state index contributed by atoms with van der Waals surface area (Å²) in [5, 5.41) is 0. The molecule has 2 aromatic heterocycles. The van der Waals surface area contributed by atoms with Crippen LogP contribution in [0.2, 0.25) is 0 Å². The van der Waals surface area contributed by atoms with E-state index in [1.54, 1.807) is 43.5 Å². The molecule has 29 heavy (non-hydrogen) atoms. The van der Waals surface area contributed by atoms with Crippen LogP contribution in [-0.2, 0) is 10.0 Å².